The molecule has 1 aliphatic rings. The van der Waals surface area contributed by atoms with Gasteiger partial charge in [0.2, 0.25) is 5.91 Å². The highest BCUT2D eigenvalue weighted by Gasteiger charge is 2.23. The summed E-state index contributed by atoms with van der Waals surface area (Å²) in [5, 5.41) is 9.78. The van der Waals surface area contributed by atoms with Gasteiger partial charge in [-0.3, -0.25) is 4.79 Å². The van der Waals surface area contributed by atoms with E-state index in [-0.39, 0.29) is 18.1 Å². The van der Waals surface area contributed by atoms with Gasteiger partial charge in [0.25, 0.3) is 0 Å². The summed E-state index contributed by atoms with van der Waals surface area (Å²) in [6, 6.07) is 7.00. The molecule has 0 radical (unpaired) electrons. The lowest BCUT2D eigenvalue weighted by Gasteiger charge is -2.25. The Morgan fingerprint density at radius 2 is 2.19 bits per heavy atom. The molecule has 5 nitrogen and oxygen atoms in total. The van der Waals surface area contributed by atoms with E-state index in [1.54, 1.807) is 18.2 Å². The second-order valence-corrected chi connectivity index (χ2v) is 5.85. The number of carbonyl (C=O) groups is 1. The number of amides is 1. The van der Waals surface area contributed by atoms with Gasteiger partial charge in [0.05, 0.1) is 19.6 Å². The van der Waals surface area contributed by atoms with E-state index in [2.05, 4.69) is 4.90 Å². The maximum atomic E-state index is 12.4. The van der Waals surface area contributed by atoms with Crippen molar-refractivity contribution in [3.63, 3.8) is 0 Å². The van der Waals surface area contributed by atoms with Crippen LogP contribution in [0.2, 0.25) is 0 Å². The van der Waals surface area contributed by atoms with Gasteiger partial charge in [0.1, 0.15) is 5.75 Å². The highest BCUT2D eigenvalue weighted by atomic mass is 16.5. The number of hydrogen-bond acceptors (Lipinski definition) is 4. The zero-order chi connectivity index (χ0) is 15.2. The van der Waals surface area contributed by atoms with E-state index in [0.29, 0.717) is 37.8 Å². The Kier molecular flexibility index (Phi) is 5.59. The van der Waals surface area contributed by atoms with Crippen LogP contribution in [0.3, 0.4) is 0 Å². The number of benzene rings is 1. The van der Waals surface area contributed by atoms with E-state index < -0.39 is 0 Å². The minimum absolute atomic E-state index is 0.0470. The molecule has 1 fully saturated rings. The van der Waals surface area contributed by atoms with Gasteiger partial charge in [-0.25, -0.2) is 0 Å². The van der Waals surface area contributed by atoms with Gasteiger partial charge in [0, 0.05) is 31.1 Å². The molecule has 116 valence electrons. The third-order valence-electron chi connectivity index (χ3n) is 3.65. The number of hydrogen-bond donors (Lipinski definition) is 1. The van der Waals surface area contributed by atoms with E-state index >= 15 is 0 Å². The maximum absolute atomic E-state index is 12.4. The van der Waals surface area contributed by atoms with Crippen molar-refractivity contribution in [3.8, 4) is 5.75 Å². The minimum atomic E-state index is 0.0470. The van der Waals surface area contributed by atoms with Gasteiger partial charge in [-0.1, -0.05) is 18.2 Å². The summed E-state index contributed by atoms with van der Waals surface area (Å²) in [6.07, 6.45) is 0.237. The maximum Gasteiger partial charge on any atom is 0.227 e. The van der Waals surface area contributed by atoms with E-state index in [1.807, 2.05) is 25.1 Å². The quantitative estimate of drug-likeness (QED) is 0.898. The number of phenolic OH excluding ortho intramolecular Hbond substituents is 1. The van der Waals surface area contributed by atoms with Crippen LogP contribution in [-0.2, 0) is 16.0 Å². The predicted octanol–water partition coefficient (Wildman–Crippen LogP) is 0.971. The summed E-state index contributed by atoms with van der Waals surface area (Å²) in [6.45, 7) is 3.51. The van der Waals surface area contributed by atoms with Crippen molar-refractivity contribution in [1.29, 1.82) is 0 Å². The van der Waals surface area contributed by atoms with Crippen LogP contribution in [-0.4, -0.2) is 67.8 Å². The van der Waals surface area contributed by atoms with Crippen LogP contribution < -0.4 is 0 Å². The van der Waals surface area contributed by atoms with Gasteiger partial charge in [-0.05, 0) is 20.2 Å². The molecule has 0 spiro atoms. The Bertz CT molecular complexity index is 476. The molecule has 1 heterocycles. The van der Waals surface area contributed by atoms with Gasteiger partial charge >= 0.3 is 0 Å². The predicted molar refractivity (Wildman–Crippen MR) is 81.3 cm³/mol. The highest BCUT2D eigenvalue weighted by molar-refractivity contribution is 5.79. The van der Waals surface area contributed by atoms with Crippen molar-refractivity contribution in [1.82, 2.24) is 9.80 Å². The van der Waals surface area contributed by atoms with Crippen LogP contribution in [0.15, 0.2) is 24.3 Å². The summed E-state index contributed by atoms with van der Waals surface area (Å²) in [5.74, 6) is 0.559. The van der Waals surface area contributed by atoms with Crippen molar-refractivity contribution in [2.24, 2.45) is 5.92 Å². The van der Waals surface area contributed by atoms with E-state index in [1.165, 1.54) is 0 Å². The van der Waals surface area contributed by atoms with E-state index in [0.717, 1.165) is 6.54 Å². The molecular formula is C16H24N2O3. The summed E-state index contributed by atoms with van der Waals surface area (Å²) < 4.78 is 5.59. The molecule has 1 saturated heterocycles. The molecule has 21 heavy (non-hydrogen) atoms. The monoisotopic (exact) mass is 292 g/mol. The number of nitrogens with zero attached hydrogens (tertiary/aromatic N) is 2. The van der Waals surface area contributed by atoms with Gasteiger partial charge in [0.15, 0.2) is 0 Å². The fourth-order valence-corrected chi connectivity index (χ4v) is 2.67. The first kappa shape index (κ1) is 15.8. The standard InChI is InChI=1S/C16H24N2O3/c1-17(2)10-13-11-18(7-8-21-12-13)16(20)9-14-5-3-4-6-15(14)19/h3-6,13,19H,7-12H2,1-2H3/t13-/m0/s1. The van der Waals surface area contributed by atoms with Crippen molar-refractivity contribution < 1.29 is 14.6 Å². The van der Waals surface area contributed by atoms with Crippen molar-refractivity contribution in [2.45, 2.75) is 6.42 Å². The van der Waals surface area contributed by atoms with Crippen LogP contribution >= 0.6 is 0 Å². The Balaban J connectivity index is 1.98. The second-order valence-electron chi connectivity index (χ2n) is 5.85. The number of phenols is 1. The fourth-order valence-electron chi connectivity index (χ4n) is 2.67. The second kappa shape index (κ2) is 7.43. The molecule has 0 bridgehead atoms. The SMILES string of the molecule is CN(C)C[C@@H]1COCCN(C(=O)Cc2ccccc2O)C1. The van der Waals surface area contributed by atoms with E-state index in [9.17, 15) is 9.90 Å². The molecular weight excluding hydrogens is 268 g/mol. The molecule has 1 aromatic carbocycles. The normalized spacial score (nSPS) is 19.6. The number of aromatic hydroxyl groups is 1. The molecule has 1 atom stereocenters. The smallest absolute Gasteiger partial charge is 0.227 e. The average molecular weight is 292 g/mol. The zero-order valence-electron chi connectivity index (χ0n) is 12.8. The molecule has 0 unspecified atom stereocenters. The third-order valence-corrected chi connectivity index (χ3v) is 3.65. The number of para-hydroxylation sites is 1. The van der Waals surface area contributed by atoms with E-state index in [4.69, 9.17) is 4.74 Å². The third kappa shape index (κ3) is 4.72. The summed E-state index contributed by atoms with van der Waals surface area (Å²) in [4.78, 5) is 16.4. The molecule has 0 saturated carbocycles. The summed E-state index contributed by atoms with van der Waals surface area (Å²) >= 11 is 0. The van der Waals surface area contributed by atoms with Gasteiger partial charge in [-0.2, -0.15) is 0 Å². The number of ether oxygens (including phenoxy) is 1. The van der Waals surface area contributed by atoms with Gasteiger partial charge < -0.3 is 19.6 Å². The molecule has 1 amide bonds. The lowest BCUT2D eigenvalue weighted by atomic mass is 10.1. The largest absolute Gasteiger partial charge is 0.508 e. The Morgan fingerprint density at radius 3 is 2.90 bits per heavy atom. The molecule has 1 aliphatic heterocycles. The topological polar surface area (TPSA) is 53.0 Å². The fraction of sp³-hybridized carbons (Fsp3) is 0.562. The summed E-state index contributed by atoms with van der Waals surface area (Å²) in [5.41, 5.74) is 0.678. The zero-order valence-corrected chi connectivity index (χ0v) is 12.8. The van der Waals surface area contributed by atoms with Crippen molar-refractivity contribution in [2.75, 3.05) is 46.9 Å². The Morgan fingerprint density at radius 1 is 1.43 bits per heavy atom. The summed E-state index contributed by atoms with van der Waals surface area (Å²) in [7, 11) is 4.05. The molecule has 0 aliphatic carbocycles. The first-order valence-corrected chi connectivity index (χ1v) is 7.33. The van der Waals surface area contributed by atoms with Crippen LogP contribution in [0.5, 0.6) is 5.75 Å². The molecule has 5 heteroatoms. The van der Waals surface area contributed by atoms with Gasteiger partial charge in [-0.15, -0.1) is 0 Å². The van der Waals surface area contributed by atoms with Crippen molar-refractivity contribution >= 4 is 5.91 Å². The van der Waals surface area contributed by atoms with Crippen LogP contribution in [0.4, 0.5) is 0 Å². The Labute approximate surface area is 126 Å². The first-order chi connectivity index (χ1) is 10.1. The number of rotatable bonds is 4. The first-order valence-electron chi connectivity index (χ1n) is 7.33. The molecule has 1 N–H and O–H groups in total. The molecule has 2 rings (SSSR count). The minimum Gasteiger partial charge on any atom is -0.508 e. The van der Waals surface area contributed by atoms with Crippen LogP contribution in [0.1, 0.15) is 5.56 Å². The number of carbonyl (C=O) groups excluding carboxylic acids is 1. The van der Waals surface area contributed by atoms with Crippen LogP contribution in [0.25, 0.3) is 0 Å². The average Bonchev–Trinajstić information content (AvgIpc) is 2.66. The molecule has 0 aromatic heterocycles. The molecule has 1 aromatic rings. The van der Waals surface area contributed by atoms with Crippen molar-refractivity contribution in [3.05, 3.63) is 29.8 Å². The Hall–Kier alpha value is -1.59. The lowest BCUT2D eigenvalue weighted by molar-refractivity contribution is -0.130. The lowest BCUT2D eigenvalue weighted by Crippen LogP contribution is -2.39. The highest BCUT2D eigenvalue weighted by Crippen LogP contribution is 2.18. The van der Waals surface area contributed by atoms with Crippen LogP contribution in [0, 0.1) is 5.92 Å².